The summed E-state index contributed by atoms with van der Waals surface area (Å²) in [6.07, 6.45) is 2.24. The van der Waals surface area contributed by atoms with Crippen molar-refractivity contribution in [2.75, 3.05) is 31.6 Å². The molecule has 27 heavy (non-hydrogen) atoms. The third-order valence-electron chi connectivity index (χ3n) is 4.38. The number of carbonyl (C=O) groups excluding carboxylic acids is 1. The van der Waals surface area contributed by atoms with Gasteiger partial charge in [-0.2, -0.15) is 4.31 Å². The maximum Gasteiger partial charge on any atom is 0.258 e. The standard InChI is InChI=1S/C20H22N2O4S/c1-3-13-21(2)27(24,25)17-11-9-16(10-12-17)20(23)22-14-6-15-26-19-8-5-4-7-18(19)22/h3-5,7-12H,1,6,13-15H2,2H3. The second-order valence-electron chi connectivity index (χ2n) is 6.23. The number of sulfonamides is 1. The second kappa shape index (κ2) is 7.94. The first-order valence-corrected chi connectivity index (χ1v) is 10.1. The molecule has 1 aliphatic heterocycles. The van der Waals surface area contributed by atoms with E-state index in [1.807, 2.05) is 24.3 Å². The Labute approximate surface area is 159 Å². The molecule has 2 aromatic carbocycles. The van der Waals surface area contributed by atoms with Gasteiger partial charge in [0, 0.05) is 25.7 Å². The lowest BCUT2D eigenvalue weighted by molar-refractivity contribution is 0.0987. The van der Waals surface area contributed by atoms with Crippen LogP contribution in [-0.2, 0) is 10.0 Å². The normalized spacial score (nSPS) is 14.2. The molecule has 0 radical (unpaired) electrons. The fraction of sp³-hybridized carbons (Fsp3) is 0.250. The lowest BCUT2D eigenvalue weighted by Crippen LogP contribution is -2.31. The molecular weight excluding hydrogens is 364 g/mol. The van der Waals surface area contributed by atoms with Crippen LogP contribution >= 0.6 is 0 Å². The van der Waals surface area contributed by atoms with Gasteiger partial charge >= 0.3 is 0 Å². The molecule has 1 amide bonds. The Hall–Kier alpha value is -2.64. The van der Waals surface area contributed by atoms with Gasteiger partial charge in [0.25, 0.3) is 5.91 Å². The number of anilines is 1. The molecule has 1 heterocycles. The molecule has 0 N–H and O–H groups in total. The molecule has 0 saturated heterocycles. The van der Waals surface area contributed by atoms with E-state index in [9.17, 15) is 13.2 Å². The predicted octanol–water partition coefficient (Wildman–Crippen LogP) is 2.92. The molecule has 0 aromatic heterocycles. The Balaban J connectivity index is 1.88. The predicted molar refractivity (Wildman–Crippen MR) is 105 cm³/mol. The van der Waals surface area contributed by atoms with Gasteiger partial charge in [-0.25, -0.2) is 8.42 Å². The molecule has 1 aliphatic rings. The van der Waals surface area contributed by atoms with Gasteiger partial charge in [0.1, 0.15) is 5.75 Å². The number of rotatable bonds is 5. The summed E-state index contributed by atoms with van der Waals surface area (Å²) in [4.78, 5) is 14.8. The minimum absolute atomic E-state index is 0.142. The summed E-state index contributed by atoms with van der Waals surface area (Å²) in [5, 5.41) is 0. The second-order valence-corrected chi connectivity index (χ2v) is 8.27. The van der Waals surface area contributed by atoms with E-state index in [2.05, 4.69) is 6.58 Å². The van der Waals surface area contributed by atoms with Gasteiger partial charge in [0.2, 0.25) is 10.0 Å². The Bertz CT molecular complexity index is 939. The Morgan fingerprint density at radius 3 is 2.63 bits per heavy atom. The third-order valence-corrected chi connectivity index (χ3v) is 6.22. The zero-order valence-electron chi connectivity index (χ0n) is 15.2. The van der Waals surface area contributed by atoms with Crippen LogP contribution in [0.4, 0.5) is 5.69 Å². The van der Waals surface area contributed by atoms with Crippen molar-refractivity contribution >= 4 is 21.6 Å². The van der Waals surface area contributed by atoms with Crippen LogP contribution in [0.5, 0.6) is 5.75 Å². The largest absolute Gasteiger partial charge is 0.491 e. The van der Waals surface area contributed by atoms with Gasteiger partial charge in [-0.05, 0) is 42.8 Å². The monoisotopic (exact) mass is 386 g/mol. The van der Waals surface area contributed by atoms with Gasteiger partial charge in [-0.3, -0.25) is 4.79 Å². The maximum absolute atomic E-state index is 13.0. The van der Waals surface area contributed by atoms with Crippen molar-refractivity contribution in [2.45, 2.75) is 11.3 Å². The molecule has 142 valence electrons. The van der Waals surface area contributed by atoms with Crippen LogP contribution in [0.1, 0.15) is 16.8 Å². The molecule has 2 aromatic rings. The fourth-order valence-electron chi connectivity index (χ4n) is 2.92. The smallest absolute Gasteiger partial charge is 0.258 e. The fourth-order valence-corrected chi connectivity index (χ4v) is 4.07. The van der Waals surface area contributed by atoms with Crippen molar-refractivity contribution in [3.63, 3.8) is 0 Å². The van der Waals surface area contributed by atoms with Crippen LogP contribution in [0.15, 0.2) is 66.1 Å². The molecule has 0 atom stereocenters. The van der Waals surface area contributed by atoms with Gasteiger partial charge in [0.15, 0.2) is 0 Å². The number of carbonyl (C=O) groups is 1. The zero-order valence-corrected chi connectivity index (χ0v) is 16.0. The van der Waals surface area contributed by atoms with Crippen molar-refractivity contribution in [3.8, 4) is 5.75 Å². The first-order chi connectivity index (χ1) is 12.9. The Morgan fingerprint density at radius 2 is 1.93 bits per heavy atom. The minimum Gasteiger partial charge on any atom is -0.491 e. The number of para-hydroxylation sites is 2. The van der Waals surface area contributed by atoms with Crippen molar-refractivity contribution < 1.29 is 17.9 Å². The van der Waals surface area contributed by atoms with E-state index in [1.165, 1.54) is 29.6 Å². The van der Waals surface area contributed by atoms with Crippen LogP contribution in [0, 0.1) is 0 Å². The first-order valence-electron chi connectivity index (χ1n) is 8.66. The molecule has 0 unspecified atom stereocenters. The van der Waals surface area contributed by atoms with Crippen LogP contribution in [0.2, 0.25) is 0 Å². The number of hydrogen-bond acceptors (Lipinski definition) is 4. The van der Waals surface area contributed by atoms with E-state index in [1.54, 1.807) is 17.0 Å². The summed E-state index contributed by atoms with van der Waals surface area (Å²) in [5.74, 6) is 0.491. The first kappa shape index (κ1) is 19.1. The Morgan fingerprint density at radius 1 is 1.22 bits per heavy atom. The average molecular weight is 386 g/mol. The number of fused-ring (bicyclic) bond motifs is 1. The quantitative estimate of drug-likeness (QED) is 0.741. The van der Waals surface area contributed by atoms with Gasteiger partial charge in [-0.15, -0.1) is 6.58 Å². The molecule has 0 bridgehead atoms. The van der Waals surface area contributed by atoms with Gasteiger partial charge < -0.3 is 9.64 Å². The number of likely N-dealkylation sites (N-methyl/N-ethyl adjacent to an activating group) is 1. The van der Waals surface area contributed by atoms with E-state index in [0.29, 0.717) is 24.5 Å². The van der Waals surface area contributed by atoms with Crippen molar-refractivity contribution in [2.24, 2.45) is 0 Å². The van der Waals surface area contributed by atoms with Crippen molar-refractivity contribution in [3.05, 3.63) is 66.7 Å². The van der Waals surface area contributed by atoms with Crippen molar-refractivity contribution in [1.82, 2.24) is 4.31 Å². The Kier molecular flexibility index (Phi) is 5.62. The summed E-state index contributed by atoms with van der Waals surface area (Å²) in [6, 6.07) is 13.4. The SMILES string of the molecule is C=CCN(C)S(=O)(=O)c1ccc(C(=O)N2CCCOc3ccccc32)cc1. The van der Waals surface area contributed by atoms with Crippen molar-refractivity contribution in [1.29, 1.82) is 0 Å². The zero-order chi connectivity index (χ0) is 19.4. The summed E-state index contributed by atoms with van der Waals surface area (Å²) in [5.41, 5.74) is 1.15. The maximum atomic E-state index is 13.0. The minimum atomic E-state index is -3.61. The van der Waals surface area contributed by atoms with E-state index in [0.717, 1.165) is 12.1 Å². The van der Waals surface area contributed by atoms with Crippen LogP contribution < -0.4 is 9.64 Å². The van der Waals surface area contributed by atoms with E-state index in [4.69, 9.17) is 4.74 Å². The van der Waals surface area contributed by atoms with E-state index >= 15 is 0 Å². The average Bonchev–Trinajstić information content (AvgIpc) is 2.90. The summed E-state index contributed by atoms with van der Waals surface area (Å²) in [6.45, 7) is 4.86. The van der Waals surface area contributed by atoms with Crippen LogP contribution in [0.25, 0.3) is 0 Å². The molecule has 0 aliphatic carbocycles. The number of ether oxygens (including phenoxy) is 1. The number of amides is 1. The van der Waals surface area contributed by atoms with E-state index in [-0.39, 0.29) is 17.3 Å². The molecule has 3 rings (SSSR count). The highest BCUT2D eigenvalue weighted by atomic mass is 32.2. The molecule has 0 spiro atoms. The molecular formula is C20H22N2O4S. The summed E-state index contributed by atoms with van der Waals surface area (Å²) >= 11 is 0. The lowest BCUT2D eigenvalue weighted by atomic mass is 10.1. The molecule has 0 saturated carbocycles. The van der Waals surface area contributed by atoms with Gasteiger partial charge in [-0.1, -0.05) is 18.2 Å². The summed E-state index contributed by atoms with van der Waals surface area (Å²) in [7, 11) is -2.12. The van der Waals surface area contributed by atoms with Crippen LogP contribution in [0.3, 0.4) is 0 Å². The molecule has 7 heteroatoms. The highest BCUT2D eigenvalue weighted by molar-refractivity contribution is 7.89. The van der Waals surface area contributed by atoms with Gasteiger partial charge in [0.05, 0.1) is 17.2 Å². The number of benzene rings is 2. The highest BCUT2D eigenvalue weighted by Crippen LogP contribution is 2.31. The molecule has 6 nitrogen and oxygen atoms in total. The number of hydrogen-bond donors (Lipinski definition) is 0. The third kappa shape index (κ3) is 3.89. The lowest BCUT2D eigenvalue weighted by Gasteiger charge is -2.22. The van der Waals surface area contributed by atoms with E-state index < -0.39 is 10.0 Å². The highest BCUT2D eigenvalue weighted by Gasteiger charge is 2.24. The number of nitrogens with zero attached hydrogens (tertiary/aromatic N) is 2. The topological polar surface area (TPSA) is 66.9 Å². The molecule has 0 fully saturated rings. The summed E-state index contributed by atoms with van der Waals surface area (Å²) < 4.78 is 31.9. The van der Waals surface area contributed by atoms with Crippen LogP contribution in [-0.4, -0.2) is 45.4 Å².